The van der Waals surface area contributed by atoms with Crippen LogP contribution in [0.3, 0.4) is 0 Å². The largest absolute Gasteiger partial charge is 0.475 e. The van der Waals surface area contributed by atoms with Crippen LogP contribution in [0.25, 0.3) is 0 Å². The molecule has 0 aromatic rings. The van der Waals surface area contributed by atoms with E-state index in [0.29, 0.717) is 24.7 Å². The summed E-state index contributed by atoms with van der Waals surface area (Å²) in [6, 6.07) is 0. The Morgan fingerprint density at radius 2 is 1.82 bits per heavy atom. The predicted octanol–water partition coefficient (Wildman–Crippen LogP) is 4.60. The fourth-order valence-corrected chi connectivity index (χ4v) is 3.37. The van der Waals surface area contributed by atoms with Crippen LogP contribution in [0, 0.1) is 29.6 Å². The summed E-state index contributed by atoms with van der Waals surface area (Å²) in [6.45, 7) is 13.2. The number of aliphatic hydroxyl groups is 1. The van der Waals surface area contributed by atoms with Crippen LogP contribution in [-0.2, 0) is 9.47 Å². The summed E-state index contributed by atoms with van der Waals surface area (Å²) in [5.41, 5.74) is 0. The third-order valence-corrected chi connectivity index (χ3v) is 5.01. The number of ether oxygens (including phenoxy) is 2. The Morgan fingerprint density at radius 1 is 1.14 bits per heavy atom. The van der Waals surface area contributed by atoms with E-state index in [-0.39, 0.29) is 17.9 Å². The molecule has 0 aliphatic heterocycles. The molecule has 0 bridgehead atoms. The third kappa shape index (κ3) is 6.29. The Balaban J connectivity index is 2.33. The molecule has 0 saturated heterocycles. The molecule has 3 nitrogen and oxygen atoms in total. The zero-order valence-corrected chi connectivity index (χ0v) is 15.3. The van der Waals surface area contributed by atoms with Gasteiger partial charge in [-0.3, -0.25) is 0 Å². The molecule has 1 aliphatic rings. The van der Waals surface area contributed by atoms with E-state index in [1.54, 1.807) is 6.26 Å². The lowest BCUT2D eigenvalue weighted by Crippen LogP contribution is -2.34. The lowest BCUT2D eigenvalue weighted by molar-refractivity contribution is -0.106. The molecule has 5 atom stereocenters. The highest BCUT2D eigenvalue weighted by atomic mass is 16.7. The van der Waals surface area contributed by atoms with Gasteiger partial charge in [0.25, 0.3) is 0 Å². The Bertz CT molecular complexity index is 325. The van der Waals surface area contributed by atoms with Gasteiger partial charge in [0.05, 0.1) is 18.5 Å². The van der Waals surface area contributed by atoms with Crippen molar-refractivity contribution in [2.45, 2.75) is 73.0 Å². The molecule has 0 aromatic carbocycles. The molecule has 1 saturated carbocycles. The second kappa shape index (κ2) is 9.57. The molecular weight excluding hydrogens is 276 g/mol. The quantitative estimate of drug-likeness (QED) is 0.404. The molecular formula is C19H36O3. The summed E-state index contributed by atoms with van der Waals surface area (Å²) in [6.07, 6.45) is 7.29. The third-order valence-electron chi connectivity index (χ3n) is 5.01. The standard InChI is InChI=1S/C19H36O3/c1-13(2)17-8-7-15(5)11-18(17)22-12-21-10-9-16(6)19(20)14(3)4/h9-10,13-20H,7-8,11-12H2,1-6H3/b10-9-/t15-,16-,17+,18-,19+/m1/s1. The summed E-state index contributed by atoms with van der Waals surface area (Å²) in [5, 5.41) is 9.94. The first-order chi connectivity index (χ1) is 10.3. The Morgan fingerprint density at radius 3 is 2.41 bits per heavy atom. The highest BCUT2D eigenvalue weighted by molar-refractivity contribution is 4.86. The van der Waals surface area contributed by atoms with E-state index >= 15 is 0 Å². The molecule has 0 unspecified atom stereocenters. The fraction of sp³-hybridized carbons (Fsp3) is 0.895. The smallest absolute Gasteiger partial charge is 0.188 e. The Hall–Kier alpha value is -0.540. The molecule has 0 spiro atoms. The van der Waals surface area contributed by atoms with Crippen LogP contribution in [0.1, 0.15) is 60.8 Å². The van der Waals surface area contributed by atoms with E-state index in [0.717, 1.165) is 12.3 Å². The first-order valence-corrected chi connectivity index (χ1v) is 8.90. The zero-order chi connectivity index (χ0) is 16.7. The number of hydrogen-bond donors (Lipinski definition) is 1. The molecule has 130 valence electrons. The topological polar surface area (TPSA) is 38.7 Å². The lowest BCUT2D eigenvalue weighted by atomic mass is 9.75. The Kier molecular flexibility index (Phi) is 8.48. The van der Waals surface area contributed by atoms with Crippen molar-refractivity contribution >= 4 is 0 Å². The molecule has 22 heavy (non-hydrogen) atoms. The van der Waals surface area contributed by atoms with Gasteiger partial charge in [-0.15, -0.1) is 0 Å². The molecule has 0 aromatic heterocycles. The van der Waals surface area contributed by atoms with Crippen LogP contribution in [-0.4, -0.2) is 24.1 Å². The summed E-state index contributed by atoms with van der Waals surface area (Å²) >= 11 is 0. The van der Waals surface area contributed by atoms with Crippen molar-refractivity contribution < 1.29 is 14.6 Å². The predicted molar refractivity (Wildman–Crippen MR) is 91.3 cm³/mol. The van der Waals surface area contributed by atoms with E-state index in [4.69, 9.17) is 9.47 Å². The van der Waals surface area contributed by atoms with Crippen molar-refractivity contribution in [2.75, 3.05) is 6.79 Å². The van der Waals surface area contributed by atoms with Gasteiger partial charge in [0.2, 0.25) is 0 Å². The number of aliphatic hydroxyl groups excluding tert-OH is 1. The molecule has 1 rings (SSSR count). The van der Waals surface area contributed by atoms with Gasteiger partial charge in [0.1, 0.15) is 0 Å². The van der Waals surface area contributed by atoms with Gasteiger partial charge in [0.15, 0.2) is 6.79 Å². The van der Waals surface area contributed by atoms with Gasteiger partial charge in [-0.1, -0.05) is 48.0 Å². The maximum Gasteiger partial charge on any atom is 0.188 e. The minimum atomic E-state index is -0.328. The van der Waals surface area contributed by atoms with Gasteiger partial charge in [-0.05, 0) is 42.6 Å². The van der Waals surface area contributed by atoms with Crippen molar-refractivity contribution in [1.29, 1.82) is 0 Å². The molecule has 1 fully saturated rings. The minimum Gasteiger partial charge on any atom is -0.475 e. The zero-order valence-electron chi connectivity index (χ0n) is 15.3. The van der Waals surface area contributed by atoms with Crippen molar-refractivity contribution in [3.05, 3.63) is 12.3 Å². The van der Waals surface area contributed by atoms with E-state index < -0.39 is 0 Å². The molecule has 0 radical (unpaired) electrons. The normalized spacial score (nSPS) is 29.2. The van der Waals surface area contributed by atoms with Crippen LogP contribution >= 0.6 is 0 Å². The monoisotopic (exact) mass is 312 g/mol. The second-order valence-corrected chi connectivity index (χ2v) is 7.74. The summed E-state index contributed by atoms with van der Waals surface area (Å²) in [4.78, 5) is 0. The number of hydrogen-bond acceptors (Lipinski definition) is 3. The van der Waals surface area contributed by atoms with Crippen molar-refractivity contribution in [1.82, 2.24) is 0 Å². The molecule has 1 N–H and O–H groups in total. The van der Waals surface area contributed by atoms with Crippen LogP contribution in [0.5, 0.6) is 0 Å². The van der Waals surface area contributed by atoms with Crippen LogP contribution in [0.2, 0.25) is 0 Å². The maximum atomic E-state index is 9.94. The lowest BCUT2D eigenvalue weighted by Gasteiger charge is -2.36. The summed E-state index contributed by atoms with van der Waals surface area (Å²) in [7, 11) is 0. The Labute approximate surface area is 137 Å². The van der Waals surface area contributed by atoms with E-state index in [2.05, 4.69) is 20.8 Å². The number of rotatable bonds is 8. The van der Waals surface area contributed by atoms with Crippen molar-refractivity contribution in [2.24, 2.45) is 29.6 Å². The minimum absolute atomic E-state index is 0.0955. The molecule has 3 heteroatoms. The van der Waals surface area contributed by atoms with E-state index in [1.807, 2.05) is 26.8 Å². The fourth-order valence-electron chi connectivity index (χ4n) is 3.37. The van der Waals surface area contributed by atoms with Gasteiger partial charge < -0.3 is 14.6 Å². The van der Waals surface area contributed by atoms with Crippen molar-refractivity contribution in [3.63, 3.8) is 0 Å². The van der Waals surface area contributed by atoms with Crippen LogP contribution < -0.4 is 0 Å². The molecule has 0 heterocycles. The second-order valence-electron chi connectivity index (χ2n) is 7.74. The summed E-state index contributed by atoms with van der Waals surface area (Å²) < 4.78 is 11.5. The average Bonchev–Trinajstić information content (AvgIpc) is 2.45. The molecule has 0 amide bonds. The van der Waals surface area contributed by atoms with Gasteiger partial charge in [0, 0.05) is 5.92 Å². The maximum absolute atomic E-state index is 9.94. The van der Waals surface area contributed by atoms with E-state index in [1.165, 1.54) is 12.8 Å². The highest BCUT2D eigenvalue weighted by Gasteiger charge is 2.31. The van der Waals surface area contributed by atoms with Crippen LogP contribution in [0.15, 0.2) is 12.3 Å². The van der Waals surface area contributed by atoms with Crippen LogP contribution in [0.4, 0.5) is 0 Å². The summed E-state index contributed by atoms with van der Waals surface area (Å²) in [5.74, 6) is 2.40. The SMILES string of the molecule is CC(C)[C@H](O)[C@H](C)/C=C\OCO[C@@H]1C[C@H](C)CC[C@H]1C(C)C. The van der Waals surface area contributed by atoms with Crippen molar-refractivity contribution in [3.8, 4) is 0 Å². The van der Waals surface area contributed by atoms with Gasteiger partial charge >= 0.3 is 0 Å². The average molecular weight is 312 g/mol. The molecule has 1 aliphatic carbocycles. The van der Waals surface area contributed by atoms with E-state index in [9.17, 15) is 5.11 Å². The van der Waals surface area contributed by atoms with Gasteiger partial charge in [-0.25, -0.2) is 0 Å². The first kappa shape index (κ1) is 19.5. The first-order valence-electron chi connectivity index (χ1n) is 8.90. The highest BCUT2D eigenvalue weighted by Crippen LogP contribution is 2.35. The van der Waals surface area contributed by atoms with Gasteiger partial charge in [-0.2, -0.15) is 0 Å².